The van der Waals surface area contributed by atoms with Crippen LogP contribution in [0.2, 0.25) is 0 Å². The van der Waals surface area contributed by atoms with E-state index in [-0.39, 0.29) is 0 Å². The van der Waals surface area contributed by atoms with Gasteiger partial charge in [0.1, 0.15) is 0 Å². The Morgan fingerprint density at radius 2 is 2.06 bits per heavy atom. The van der Waals surface area contributed by atoms with Gasteiger partial charge in [0.25, 0.3) is 0 Å². The molecule has 3 heteroatoms. The maximum absolute atomic E-state index is 4.77. The van der Waals surface area contributed by atoms with Crippen molar-refractivity contribution in [3.8, 4) is 0 Å². The van der Waals surface area contributed by atoms with Gasteiger partial charge in [0, 0.05) is 23.4 Å². The summed E-state index contributed by atoms with van der Waals surface area (Å²) in [6.07, 6.45) is 8.21. The molecule has 1 aromatic heterocycles. The Morgan fingerprint density at radius 3 is 2.75 bits per heavy atom. The normalized spacial score (nSPS) is 23.8. The van der Waals surface area contributed by atoms with Gasteiger partial charge in [-0.3, -0.25) is 0 Å². The summed E-state index contributed by atoms with van der Waals surface area (Å²) < 4.78 is 0. The summed E-state index contributed by atoms with van der Waals surface area (Å²) in [5, 5.41) is 7.33. The number of hydrogen-bond donors (Lipinski definition) is 1. The lowest BCUT2D eigenvalue weighted by molar-refractivity contribution is 0.455. The molecule has 0 aromatic carbocycles. The predicted octanol–water partition coefficient (Wildman–Crippen LogP) is 3.61. The maximum Gasteiger partial charge on any atom is 0.0959 e. The third kappa shape index (κ3) is 2.30. The summed E-state index contributed by atoms with van der Waals surface area (Å²) in [7, 11) is 0. The molecule has 1 heterocycles. The van der Waals surface area contributed by atoms with Gasteiger partial charge in [0.15, 0.2) is 0 Å². The van der Waals surface area contributed by atoms with Gasteiger partial charge < -0.3 is 5.32 Å². The van der Waals surface area contributed by atoms with Crippen molar-refractivity contribution in [1.82, 2.24) is 10.3 Å². The van der Waals surface area contributed by atoms with E-state index >= 15 is 0 Å². The molecule has 0 radical (unpaired) electrons. The van der Waals surface area contributed by atoms with Crippen molar-refractivity contribution < 1.29 is 0 Å². The number of hydrogen-bond acceptors (Lipinski definition) is 3. The van der Waals surface area contributed by atoms with Crippen molar-refractivity contribution in [1.29, 1.82) is 0 Å². The molecule has 0 spiro atoms. The second kappa shape index (κ2) is 4.46. The highest BCUT2D eigenvalue weighted by Crippen LogP contribution is 2.41. The minimum atomic E-state index is 0.437. The van der Waals surface area contributed by atoms with E-state index in [4.69, 9.17) is 4.98 Å². The number of aromatic nitrogens is 1. The Kier molecular flexibility index (Phi) is 2.99. The van der Waals surface area contributed by atoms with Crippen LogP contribution >= 0.6 is 11.3 Å². The first-order valence-corrected chi connectivity index (χ1v) is 7.42. The number of rotatable bonds is 4. The fourth-order valence-electron chi connectivity index (χ4n) is 2.55. The molecule has 3 rings (SSSR count). The first-order valence-electron chi connectivity index (χ1n) is 6.54. The zero-order valence-corrected chi connectivity index (χ0v) is 10.7. The quantitative estimate of drug-likeness (QED) is 0.863. The van der Waals surface area contributed by atoms with Gasteiger partial charge >= 0.3 is 0 Å². The zero-order valence-electron chi connectivity index (χ0n) is 9.91. The highest BCUT2D eigenvalue weighted by Gasteiger charge is 2.27. The molecule has 16 heavy (non-hydrogen) atoms. The lowest BCUT2D eigenvalue weighted by Crippen LogP contribution is -2.29. The predicted molar refractivity (Wildman–Crippen MR) is 67.9 cm³/mol. The van der Waals surface area contributed by atoms with Crippen molar-refractivity contribution in [3.63, 3.8) is 0 Å². The highest BCUT2D eigenvalue weighted by molar-refractivity contribution is 7.09. The molecular weight excluding hydrogens is 216 g/mol. The first-order chi connectivity index (χ1) is 7.83. The van der Waals surface area contributed by atoms with E-state index < -0.39 is 0 Å². The third-order valence-electron chi connectivity index (χ3n) is 3.75. The van der Waals surface area contributed by atoms with E-state index in [1.165, 1.54) is 49.2 Å². The number of thiazole rings is 1. The average Bonchev–Trinajstić information content (AvgIpc) is 2.82. The van der Waals surface area contributed by atoms with Crippen molar-refractivity contribution in [2.75, 3.05) is 0 Å². The van der Waals surface area contributed by atoms with Crippen LogP contribution in [0.1, 0.15) is 68.1 Å². The smallest absolute Gasteiger partial charge is 0.0959 e. The summed E-state index contributed by atoms with van der Waals surface area (Å²) >= 11 is 1.86. The second-order valence-corrected chi connectivity index (χ2v) is 6.14. The second-order valence-electron chi connectivity index (χ2n) is 5.25. The average molecular weight is 236 g/mol. The van der Waals surface area contributed by atoms with Crippen LogP contribution in [-0.2, 0) is 0 Å². The topological polar surface area (TPSA) is 24.9 Å². The molecule has 2 fully saturated rings. The summed E-state index contributed by atoms with van der Waals surface area (Å²) in [5.74, 6) is 0.803. The third-order valence-corrected chi connectivity index (χ3v) is 4.78. The van der Waals surface area contributed by atoms with E-state index in [0.29, 0.717) is 6.04 Å². The van der Waals surface area contributed by atoms with Gasteiger partial charge in [-0.1, -0.05) is 12.8 Å². The van der Waals surface area contributed by atoms with Crippen LogP contribution < -0.4 is 5.32 Å². The van der Waals surface area contributed by atoms with Crippen LogP contribution in [0.5, 0.6) is 0 Å². The Bertz CT molecular complexity index is 351. The summed E-state index contributed by atoms with van der Waals surface area (Å²) in [5.41, 5.74) is 1.26. The Hall–Kier alpha value is -0.410. The molecule has 0 saturated heterocycles. The van der Waals surface area contributed by atoms with Gasteiger partial charge in [-0.2, -0.15) is 0 Å². The molecule has 88 valence electrons. The SMILES string of the molecule is CC(NC1CCCC1)c1csc(C2CC2)n1. The lowest BCUT2D eigenvalue weighted by atomic mass is 10.2. The van der Waals surface area contributed by atoms with Gasteiger partial charge in [-0.25, -0.2) is 4.98 Å². The standard InChI is InChI=1S/C13H20N2S/c1-9(14-11-4-2-3-5-11)12-8-16-13(15-12)10-6-7-10/h8-11,14H,2-7H2,1H3. The first kappa shape index (κ1) is 10.7. The van der Waals surface area contributed by atoms with E-state index in [0.717, 1.165) is 12.0 Å². The number of nitrogens with zero attached hydrogens (tertiary/aromatic N) is 1. The van der Waals surface area contributed by atoms with Gasteiger partial charge in [0.2, 0.25) is 0 Å². The van der Waals surface area contributed by atoms with E-state index in [2.05, 4.69) is 17.6 Å². The summed E-state index contributed by atoms with van der Waals surface area (Å²) in [6.45, 7) is 2.25. The van der Waals surface area contributed by atoms with E-state index in [1.54, 1.807) is 0 Å². The molecule has 2 nitrogen and oxygen atoms in total. The molecule has 1 N–H and O–H groups in total. The monoisotopic (exact) mass is 236 g/mol. The van der Waals surface area contributed by atoms with Crippen molar-refractivity contribution in [3.05, 3.63) is 16.1 Å². The van der Waals surface area contributed by atoms with Crippen molar-refractivity contribution >= 4 is 11.3 Å². The summed E-state index contributed by atoms with van der Waals surface area (Å²) in [4.78, 5) is 4.77. The van der Waals surface area contributed by atoms with Gasteiger partial charge in [-0.05, 0) is 32.6 Å². The molecule has 1 atom stereocenters. The minimum Gasteiger partial charge on any atom is -0.306 e. The Balaban J connectivity index is 1.61. The van der Waals surface area contributed by atoms with Gasteiger partial charge in [0.05, 0.1) is 10.7 Å². The minimum absolute atomic E-state index is 0.437. The van der Waals surface area contributed by atoms with Crippen molar-refractivity contribution in [2.45, 2.75) is 63.5 Å². The molecule has 1 unspecified atom stereocenters. The number of nitrogens with one attached hydrogen (secondary N) is 1. The van der Waals surface area contributed by atoms with Crippen LogP contribution in [0.15, 0.2) is 5.38 Å². The molecule has 0 bridgehead atoms. The molecule has 2 saturated carbocycles. The molecule has 2 aliphatic carbocycles. The largest absolute Gasteiger partial charge is 0.306 e. The summed E-state index contributed by atoms with van der Waals surface area (Å²) in [6, 6.07) is 1.17. The maximum atomic E-state index is 4.77. The van der Waals surface area contributed by atoms with E-state index in [9.17, 15) is 0 Å². The van der Waals surface area contributed by atoms with Crippen molar-refractivity contribution in [2.24, 2.45) is 0 Å². The van der Waals surface area contributed by atoms with Gasteiger partial charge in [-0.15, -0.1) is 11.3 Å². The van der Waals surface area contributed by atoms with Crippen LogP contribution in [0.25, 0.3) is 0 Å². The zero-order chi connectivity index (χ0) is 11.0. The fraction of sp³-hybridized carbons (Fsp3) is 0.769. The van der Waals surface area contributed by atoms with Crippen LogP contribution in [0, 0.1) is 0 Å². The molecule has 1 aromatic rings. The van der Waals surface area contributed by atoms with Crippen LogP contribution in [0.4, 0.5) is 0 Å². The molecule has 2 aliphatic rings. The lowest BCUT2D eigenvalue weighted by Gasteiger charge is -2.17. The van der Waals surface area contributed by atoms with Crippen LogP contribution in [-0.4, -0.2) is 11.0 Å². The Labute approximate surface area is 101 Å². The van der Waals surface area contributed by atoms with Crippen LogP contribution in [0.3, 0.4) is 0 Å². The highest BCUT2D eigenvalue weighted by atomic mass is 32.1. The van der Waals surface area contributed by atoms with E-state index in [1.807, 2.05) is 11.3 Å². The molecule has 0 amide bonds. The molecule has 0 aliphatic heterocycles. The molecular formula is C13H20N2S. The Morgan fingerprint density at radius 1 is 1.31 bits per heavy atom. The fourth-order valence-corrected chi connectivity index (χ4v) is 3.63.